The number of aryl methyl sites for hydroxylation is 1. The van der Waals surface area contributed by atoms with E-state index in [1.807, 2.05) is 0 Å². The highest BCUT2D eigenvalue weighted by Gasteiger charge is 2.27. The molecule has 0 radical (unpaired) electrons. The minimum absolute atomic E-state index is 0.0520. The Morgan fingerprint density at radius 2 is 2.13 bits per heavy atom. The van der Waals surface area contributed by atoms with Gasteiger partial charge in [0.05, 0.1) is 18.1 Å². The summed E-state index contributed by atoms with van der Waals surface area (Å²) in [6, 6.07) is 6.75. The van der Waals surface area contributed by atoms with Crippen molar-refractivity contribution in [1.82, 2.24) is 0 Å². The zero-order valence-electron chi connectivity index (χ0n) is 8.34. The summed E-state index contributed by atoms with van der Waals surface area (Å²) in [7, 11) is -3.63. The van der Waals surface area contributed by atoms with Crippen molar-refractivity contribution in [2.45, 2.75) is 17.9 Å². The molecule has 0 aromatic heterocycles. The lowest BCUT2D eigenvalue weighted by molar-refractivity contribution is 0.266. The van der Waals surface area contributed by atoms with Crippen LogP contribution in [0.2, 0.25) is 0 Å². The molecule has 1 aliphatic rings. The first kappa shape index (κ1) is 10.6. The highest BCUT2D eigenvalue weighted by atomic mass is 32.2. The van der Waals surface area contributed by atoms with E-state index >= 15 is 0 Å². The summed E-state index contributed by atoms with van der Waals surface area (Å²) in [5.41, 5.74) is 0.689. The molecule has 1 heterocycles. The highest BCUT2D eigenvalue weighted by Crippen LogP contribution is 2.19. The van der Waals surface area contributed by atoms with Gasteiger partial charge in [0.2, 0.25) is 0 Å². The Bertz CT molecular complexity index is 448. The van der Waals surface area contributed by atoms with Crippen LogP contribution in [0, 0.1) is 6.92 Å². The molecular formula is C10H12O4S. The van der Waals surface area contributed by atoms with Gasteiger partial charge in [-0.05, 0) is 18.6 Å². The molecule has 0 amide bonds. The van der Waals surface area contributed by atoms with Crippen LogP contribution in [-0.4, -0.2) is 27.7 Å². The average Bonchev–Trinajstić information content (AvgIpc) is 2.99. The Balaban J connectivity index is 2.16. The fourth-order valence-electron chi connectivity index (χ4n) is 1.23. The molecular weight excluding hydrogens is 216 g/mol. The standard InChI is InChI=1S/C10H12O4S/c1-8-4-2-3-5-10(8)15(11,12)14-7-9-6-13-9/h2-5,9H,6-7H2,1H3. The Morgan fingerprint density at radius 3 is 2.73 bits per heavy atom. The monoisotopic (exact) mass is 228 g/mol. The quantitative estimate of drug-likeness (QED) is 0.572. The van der Waals surface area contributed by atoms with Gasteiger partial charge < -0.3 is 4.74 Å². The molecule has 1 atom stereocenters. The summed E-state index contributed by atoms with van der Waals surface area (Å²) in [5, 5.41) is 0. The molecule has 82 valence electrons. The first-order valence-corrected chi connectivity index (χ1v) is 6.07. The second-order valence-electron chi connectivity index (χ2n) is 3.46. The van der Waals surface area contributed by atoms with Crippen LogP contribution < -0.4 is 0 Å². The number of benzene rings is 1. The summed E-state index contributed by atoms with van der Waals surface area (Å²) in [6.45, 7) is 2.43. The molecule has 15 heavy (non-hydrogen) atoms. The topological polar surface area (TPSA) is 55.9 Å². The van der Waals surface area contributed by atoms with Crippen LogP contribution in [0.3, 0.4) is 0 Å². The minimum atomic E-state index is -3.63. The van der Waals surface area contributed by atoms with Gasteiger partial charge in [-0.25, -0.2) is 0 Å². The van der Waals surface area contributed by atoms with Crippen molar-refractivity contribution >= 4 is 10.1 Å². The second-order valence-corrected chi connectivity index (χ2v) is 5.04. The normalized spacial score (nSPS) is 20.2. The summed E-state index contributed by atoms with van der Waals surface area (Å²) in [4.78, 5) is 0.227. The zero-order valence-corrected chi connectivity index (χ0v) is 9.16. The molecule has 0 spiro atoms. The van der Waals surface area contributed by atoms with E-state index in [2.05, 4.69) is 0 Å². The maximum absolute atomic E-state index is 11.7. The van der Waals surface area contributed by atoms with E-state index in [-0.39, 0.29) is 17.6 Å². The predicted molar refractivity (Wildman–Crippen MR) is 54.1 cm³/mol. The lowest BCUT2D eigenvalue weighted by atomic mass is 10.2. The molecule has 0 saturated carbocycles. The summed E-state index contributed by atoms with van der Waals surface area (Å²) in [5.74, 6) is 0. The van der Waals surface area contributed by atoms with Gasteiger partial charge in [-0.1, -0.05) is 18.2 Å². The number of hydrogen-bond acceptors (Lipinski definition) is 4. The highest BCUT2D eigenvalue weighted by molar-refractivity contribution is 7.86. The Kier molecular flexibility index (Phi) is 2.77. The molecule has 1 aromatic rings. The summed E-state index contributed by atoms with van der Waals surface area (Å²) >= 11 is 0. The second kappa shape index (κ2) is 3.92. The average molecular weight is 228 g/mol. The number of epoxide rings is 1. The molecule has 1 unspecified atom stereocenters. The minimum Gasteiger partial charge on any atom is -0.371 e. The maximum atomic E-state index is 11.7. The third-order valence-corrected chi connectivity index (χ3v) is 3.62. The summed E-state index contributed by atoms with van der Waals surface area (Å²) in [6.07, 6.45) is -0.0520. The largest absolute Gasteiger partial charge is 0.371 e. The molecule has 1 saturated heterocycles. The molecule has 0 N–H and O–H groups in total. The van der Waals surface area contributed by atoms with Gasteiger partial charge in [0.15, 0.2) is 0 Å². The van der Waals surface area contributed by atoms with Crippen molar-refractivity contribution in [3.63, 3.8) is 0 Å². The Labute approximate surface area is 88.9 Å². The van der Waals surface area contributed by atoms with E-state index in [9.17, 15) is 8.42 Å². The van der Waals surface area contributed by atoms with Crippen molar-refractivity contribution in [3.05, 3.63) is 29.8 Å². The van der Waals surface area contributed by atoms with Crippen molar-refractivity contribution < 1.29 is 17.3 Å². The van der Waals surface area contributed by atoms with Crippen molar-refractivity contribution in [2.75, 3.05) is 13.2 Å². The van der Waals surface area contributed by atoms with E-state index < -0.39 is 10.1 Å². The molecule has 2 rings (SSSR count). The lowest BCUT2D eigenvalue weighted by Gasteiger charge is -2.06. The SMILES string of the molecule is Cc1ccccc1S(=O)(=O)OCC1CO1. The molecule has 0 aliphatic carbocycles. The van der Waals surface area contributed by atoms with Crippen LogP contribution >= 0.6 is 0 Å². The molecule has 0 bridgehead atoms. The first-order valence-electron chi connectivity index (χ1n) is 4.66. The fourth-order valence-corrected chi connectivity index (χ4v) is 2.40. The van der Waals surface area contributed by atoms with Crippen LogP contribution in [0.4, 0.5) is 0 Å². The number of hydrogen-bond donors (Lipinski definition) is 0. The van der Waals surface area contributed by atoms with Crippen molar-refractivity contribution in [1.29, 1.82) is 0 Å². The van der Waals surface area contributed by atoms with Gasteiger partial charge in [0, 0.05) is 0 Å². The van der Waals surface area contributed by atoms with Gasteiger partial charge in [-0.3, -0.25) is 4.18 Å². The van der Waals surface area contributed by atoms with Crippen LogP contribution in [0.15, 0.2) is 29.2 Å². The molecule has 1 aromatic carbocycles. The van der Waals surface area contributed by atoms with Crippen LogP contribution in [0.1, 0.15) is 5.56 Å². The number of ether oxygens (including phenoxy) is 1. The molecule has 5 heteroatoms. The summed E-state index contributed by atoms with van der Waals surface area (Å²) < 4.78 is 33.2. The lowest BCUT2D eigenvalue weighted by Crippen LogP contribution is -2.11. The van der Waals surface area contributed by atoms with Crippen LogP contribution in [0.25, 0.3) is 0 Å². The smallest absolute Gasteiger partial charge is 0.297 e. The van der Waals surface area contributed by atoms with Gasteiger partial charge in [-0.15, -0.1) is 0 Å². The van der Waals surface area contributed by atoms with E-state index in [0.29, 0.717) is 12.2 Å². The van der Waals surface area contributed by atoms with E-state index in [4.69, 9.17) is 8.92 Å². The predicted octanol–water partition coefficient (Wildman–Crippen LogP) is 1.10. The third kappa shape index (κ3) is 2.56. The molecule has 1 aliphatic heterocycles. The Morgan fingerprint density at radius 1 is 1.47 bits per heavy atom. The van der Waals surface area contributed by atoms with E-state index in [1.54, 1.807) is 31.2 Å². The Hall–Kier alpha value is -0.910. The van der Waals surface area contributed by atoms with Crippen molar-refractivity contribution in [2.24, 2.45) is 0 Å². The van der Waals surface area contributed by atoms with Gasteiger partial charge in [0.1, 0.15) is 6.10 Å². The fraction of sp³-hybridized carbons (Fsp3) is 0.400. The van der Waals surface area contributed by atoms with E-state index in [0.717, 1.165) is 0 Å². The van der Waals surface area contributed by atoms with Gasteiger partial charge in [0.25, 0.3) is 10.1 Å². The molecule has 4 nitrogen and oxygen atoms in total. The number of rotatable bonds is 4. The van der Waals surface area contributed by atoms with Gasteiger partial charge in [-0.2, -0.15) is 8.42 Å². The first-order chi connectivity index (χ1) is 7.09. The van der Waals surface area contributed by atoms with Crippen LogP contribution in [-0.2, 0) is 19.0 Å². The maximum Gasteiger partial charge on any atom is 0.297 e. The molecule has 1 fully saturated rings. The van der Waals surface area contributed by atoms with E-state index in [1.165, 1.54) is 0 Å². The van der Waals surface area contributed by atoms with Gasteiger partial charge >= 0.3 is 0 Å². The zero-order chi connectivity index (χ0) is 10.9. The van der Waals surface area contributed by atoms with Crippen molar-refractivity contribution in [3.8, 4) is 0 Å². The third-order valence-electron chi connectivity index (χ3n) is 2.17. The van der Waals surface area contributed by atoms with Crippen LogP contribution in [0.5, 0.6) is 0 Å².